The summed E-state index contributed by atoms with van der Waals surface area (Å²) in [6.45, 7) is 23.4. The van der Waals surface area contributed by atoms with E-state index >= 15 is 0 Å². The van der Waals surface area contributed by atoms with Gasteiger partial charge in [-0.3, -0.25) is 4.79 Å². The van der Waals surface area contributed by atoms with Crippen LogP contribution in [-0.4, -0.2) is 11.6 Å². The Balaban J connectivity index is 2.61. The summed E-state index contributed by atoms with van der Waals surface area (Å²) in [5, 5.41) is 0. The molecule has 0 fully saturated rings. The Kier molecular flexibility index (Phi) is 5.75. The van der Waals surface area contributed by atoms with Crippen LogP contribution < -0.4 is 9.47 Å². The minimum Gasteiger partial charge on any atom is -0.488 e. The van der Waals surface area contributed by atoms with Crippen LogP contribution in [0.3, 0.4) is 0 Å². The Morgan fingerprint density at radius 1 is 1.11 bits per heavy atom. The number of carbonyl (C=O) groups is 1. The highest BCUT2D eigenvalue weighted by Crippen LogP contribution is 2.48. The Bertz CT molecular complexity index is 742. The molecule has 1 aromatic carbocycles. The highest BCUT2D eigenvalue weighted by Gasteiger charge is 2.37. The highest BCUT2D eigenvalue weighted by molar-refractivity contribution is 5.78. The normalized spacial score (nSPS) is 19.6. The summed E-state index contributed by atoms with van der Waals surface area (Å²) in [7, 11) is 0. The second-order valence-electron chi connectivity index (χ2n) is 12.1. The molecule has 158 valence electrons. The number of hydrogen-bond acceptors (Lipinski definition) is 3. The third kappa shape index (κ3) is 5.30. The first-order chi connectivity index (χ1) is 12.4. The topological polar surface area (TPSA) is 35.5 Å². The molecular weight excluding hydrogens is 348 g/mol. The van der Waals surface area contributed by atoms with Gasteiger partial charge in [0.25, 0.3) is 0 Å². The average Bonchev–Trinajstić information content (AvgIpc) is 2.42. The van der Waals surface area contributed by atoms with E-state index in [2.05, 4.69) is 67.5 Å². The van der Waals surface area contributed by atoms with E-state index in [1.165, 1.54) is 0 Å². The van der Waals surface area contributed by atoms with Crippen molar-refractivity contribution < 1.29 is 14.3 Å². The Morgan fingerprint density at radius 2 is 1.68 bits per heavy atom. The monoisotopic (exact) mass is 388 g/mol. The lowest BCUT2D eigenvalue weighted by Gasteiger charge is -2.39. The summed E-state index contributed by atoms with van der Waals surface area (Å²) in [4.78, 5) is 12.7. The Labute approximate surface area is 172 Å². The van der Waals surface area contributed by atoms with E-state index < -0.39 is 5.41 Å². The lowest BCUT2D eigenvalue weighted by atomic mass is 9.71. The Hall–Kier alpha value is -1.51. The van der Waals surface area contributed by atoms with E-state index in [1.54, 1.807) is 0 Å². The summed E-state index contributed by atoms with van der Waals surface area (Å²) in [6.07, 6.45) is 1.91. The zero-order chi connectivity index (χ0) is 21.7. The quantitative estimate of drug-likeness (QED) is 0.412. The van der Waals surface area contributed by atoms with E-state index in [4.69, 9.17) is 9.47 Å². The standard InChI is InChI=1S/C25H40O3/c1-16-14-25(10,11)28-19-13-18(24(8,9)15-22(2,3)4)20(12-17(16)19)27-21(26)23(5,6)7/h12-13,16H,14-15H2,1-11H3. The van der Waals surface area contributed by atoms with Crippen LogP contribution in [0.4, 0.5) is 0 Å². The highest BCUT2D eigenvalue weighted by atomic mass is 16.5. The van der Waals surface area contributed by atoms with Gasteiger partial charge in [0.15, 0.2) is 0 Å². The number of rotatable bonds is 3. The maximum Gasteiger partial charge on any atom is 0.316 e. The molecule has 1 aliphatic heterocycles. The van der Waals surface area contributed by atoms with Crippen molar-refractivity contribution in [3.63, 3.8) is 0 Å². The van der Waals surface area contributed by atoms with Crippen LogP contribution in [-0.2, 0) is 10.2 Å². The number of benzene rings is 1. The molecular formula is C25H40O3. The Morgan fingerprint density at radius 3 is 2.18 bits per heavy atom. The van der Waals surface area contributed by atoms with Gasteiger partial charge in [-0.1, -0.05) is 41.5 Å². The van der Waals surface area contributed by atoms with Gasteiger partial charge in [-0.2, -0.15) is 0 Å². The minimum absolute atomic E-state index is 0.151. The minimum atomic E-state index is -0.550. The SMILES string of the molecule is CC1CC(C)(C)Oc2cc(C(C)(C)CC(C)(C)C)c(OC(=O)C(C)(C)C)cc21. The van der Waals surface area contributed by atoms with E-state index in [9.17, 15) is 4.79 Å². The molecule has 0 saturated carbocycles. The van der Waals surface area contributed by atoms with Crippen LogP contribution in [0.2, 0.25) is 0 Å². The summed E-state index contributed by atoms with van der Waals surface area (Å²) >= 11 is 0. The molecule has 28 heavy (non-hydrogen) atoms. The zero-order valence-corrected chi connectivity index (χ0v) is 19.9. The maximum absolute atomic E-state index is 12.7. The van der Waals surface area contributed by atoms with Gasteiger partial charge in [-0.05, 0) is 76.3 Å². The fraction of sp³-hybridized carbons (Fsp3) is 0.720. The third-order valence-electron chi connectivity index (χ3n) is 5.34. The first kappa shape index (κ1) is 22.8. The van der Waals surface area contributed by atoms with Gasteiger partial charge in [0.05, 0.1) is 5.41 Å². The molecule has 0 aliphatic carbocycles. The molecule has 0 N–H and O–H groups in total. The third-order valence-corrected chi connectivity index (χ3v) is 5.34. The predicted molar refractivity (Wildman–Crippen MR) is 116 cm³/mol. The summed E-state index contributed by atoms with van der Waals surface area (Å²) in [6, 6.07) is 4.18. The first-order valence-electron chi connectivity index (χ1n) is 10.5. The maximum atomic E-state index is 12.7. The number of carbonyl (C=O) groups excluding carboxylic acids is 1. The molecule has 0 saturated heterocycles. The molecule has 0 amide bonds. The number of ether oxygens (including phenoxy) is 2. The smallest absolute Gasteiger partial charge is 0.316 e. The van der Waals surface area contributed by atoms with Crippen molar-refractivity contribution in [2.24, 2.45) is 10.8 Å². The molecule has 2 rings (SSSR count). The van der Waals surface area contributed by atoms with Gasteiger partial charge in [0.2, 0.25) is 0 Å². The summed E-state index contributed by atoms with van der Waals surface area (Å²) < 4.78 is 12.3. The second-order valence-corrected chi connectivity index (χ2v) is 12.1. The van der Waals surface area contributed by atoms with Crippen LogP contribution in [0.5, 0.6) is 11.5 Å². The molecule has 1 aliphatic rings. The van der Waals surface area contributed by atoms with Gasteiger partial charge in [-0.25, -0.2) is 0 Å². The van der Waals surface area contributed by atoms with Crippen LogP contribution in [0.25, 0.3) is 0 Å². The molecule has 0 radical (unpaired) electrons. The summed E-state index contributed by atoms with van der Waals surface area (Å²) in [5.41, 5.74) is 1.43. The van der Waals surface area contributed by atoms with E-state index in [-0.39, 0.29) is 22.4 Å². The van der Waals surface area contributed by atoms with Crippen LogP contribution in [0.1, 0.15) is 106 Å². The van der Waals surface area contributed by atoms with E-state index in [0.29, 0.717) is 11.7 Å². The van der Waals surface area contributed by atoms with Crippen molar-refractivity contribution >= 4 is 5.97 Å². The van der Waals surface area contributed by atoms with Gasteiger partial charge in [0.1, 0.15) is 17.1 Å². The first-order valence-corrected chi connectivity index (χ1v) is 10.5. The molecule has 3 nitrogen and oxygen atoms in total. The number of hydrogen-bond donors (Lipinski definition) is 0. The molecule has 0 spiro atoms. The van der Waals surface area contributed by atoms with E-state index in [1.807, 2.05) is 20.8 Å². The van der Waals surface area contributed by atoms with Gasteiger partial charge in [-0.15, -0.1) is 0 Å². The molecule has 0 bridgehead atoms. The fourth-order valence-corrected chi connectivity index (χ4v) is 4.52. The fourth-order valence-electron chi connectivity index (χ4n) is 4.52. The molecule has 1 atom stereocenters. The lowest BCUT2D eigenvalue weighted by Crippen LogP contribution is -2.35. The number of esters is 1. The van der Waals surface area contributed by atoms with Gasteiger partial charge >= 0.3 is 5.97 Å². The van der Waals surface area contributed by atoms with Crippen molar-refractivity contribution in [1.82, 2.24) is 0 Å². The van der Waals surface area contributed by atoms with E-state index in [0.717, 1.165) is 29.7 Å². The van der Waals surface area contributed by atoms with Crippen molar-refractivity contribution in [1.29, 1.82) is 0 Å². The second kappa shape index (κ2) is 7.07. The van der Waals surface area contributed by atoms with Gasteiger partial charge < -0.3 is 9.47 Å². The van der Waals surface area contributed by atoms with Crippen molar-refractivity contribution in [3.05, 3.63) is 23.3 Å². The van der Waals surface area contributed by atoms with Crippen molar-refractivity contribution in [2.75, 3.05) is 0 Å². The molecule has 1 unspecified atom stereocenters. The number of fused-ring (bicyclic) bond motifs is 1. The lowest BCUT2D eigenvalue weighted by molar-refractivity contribution is -0.143. The summed E-state index contributed by atoms with van der Waals surface area (Å²) in [5.74, 6) is 1.76. The van der Waals surface area contributed by atoms with Crippen molar-refractivity contribution in [3.8, 4) is 11.5 Å². The zero-order valence-electron chi connectivity index (χ0n) is 19.9. The van der Waals surface area contributed by atoms with Gasteiger partial charge in [0, 0.05) is 11.1 Å². The largest absolute Gasteiger partial charge is 0.488 e. The molecule has 1 heterocycles. The van der Waals surface area contributed by atoms with Crippen LogP contribution in [0.15, 0.2) is 12.1 Å². The van der Waals surface area contributed by atoms with Crippen LogP contribution >= 0.6 is 0 Å². The molecule has 0 aromatic heterocycles. The van der Waals surface area contributed by atoms with Crippen LogP contribution in [0, 0.1) is 10.8 Å². The molecule has 1 aromatic rings. The predicted octanol–water partition coefficient (Wildman–Crippen LogP) is 7.02. The molecule has 3 heteroatoms. The van der Waals surface area contributed by atoms with Crippen molar-refractivity contribution in [2.45, 2.75) is 106 Å². The average molecular weight is 389 g/mol.